The van der Waals surface area contributed by atoms with Crippen molar-refractivity contribution < 1.29 is 0 Å². The zero-order valence-corrected chi connectivity index (χ0v) is 12.4. The van der Waals surface area contributed by atoms with Gasteiger partial charge in [0.2, 0.25) is 0 Å². The molecule has 6 nitrogen and oxygen atoms in total. The molecule has 0 bridgehead atoms. The zero-order valence-electron chi connectivity index (χ0n) is 11.5. The lowest BCUT2D eigenvalue weighted by Crippen LogP contribution is -2.33. The minimum atomic E-state index is 0.485. The molecule has 2 aromatic rings. The number of nitrogens with one attached hydrogen (secondary N) is 1. The second-order valence-electron chi connectivity index (χ2n) is 5.40. The van der Waals surface area contributed by atoms with E-state index < -0.39 is 0 Å². The summed E-state index contributed by atoms with van der Waals surface area (Å²) in [6.45, 7) is 2.75. The van der Waals surface area contributed by atoms with Crippen molar-refractivity contribution in [3.05, 3.63) is 22.7 Å². The predicted octanol–water partition coefficient (Wildman–Crippen LogP) is 1.35. The van der Waals surface area contributed by atoms with Crippen LogP contribution in [0.25, 0.3) is 0 Å². The predicted molar refractivity (Wildman–Crippen MR) is 77.9 cm³/mol. The Morgan fingerprint density at radius 2 is 2.35 bits per heavy atom. The first-order valence-corrected chi connectivity index (χ1v) is 7.95. The molecule has 0 spiro atoms. The normalized spacial score (nSPS) is 21.6. The van der Waals surface area contributed by atoms with Gasteiger partial charge in [0.25, 0.3) is 0 Å². The summed E-state index contributed by atoms with van der Waals surface area (Å²) in [6.07, 6.45) is 5.39. The number of nitrogens with zero attached hydrogens (tertiary/aromatic N) is 5. The van der Waals surface area contributed by atoms with Crippen LogP contribution in [0.2, 0.25) is 0 Å². The Morgan fingerprint density at radius 3 is 3.25 bits per heavy atom. The van der Waals surface area contributed by atoms with Gasteiger partial charge in [0.1, 0.15) is 6.33 Å². The lowest BCUT2D eigenvalue weighted by molar-refractivity contribution is 0.500. The first-order chi connectivity index (χ1) is 9.85. The van der Waals surface area contributed by atoms with Gasteiger partial charge in [0.15, 0.2) is 11.0 Å². The summed E-state index contributed by atoms with van der Waals surface area (Å²) in [7, 11) is 2.04. The highest BCUT2D eigenvalue weighted by molar-refractivity contribution is 7.15. The highest BCUT2D eigenvalue weighted by Gasteiger charge is 2.26. The van der Waals surface area contributed by atoms with Crippen molar-refractivity contribution >= 4 is 16.5 Å². The highest BCUT2D eigenvalue weighted by atomic mass is 32.1. The maximum Gasteiger partial charge on any atom is 0.186 e. The number of hydrogen-bond acceptors (Lipinski definition) is 6. The quantitative estimate of drug-likeness (QED) is 0.905. The molecule has 7 heteroatoms. The standard InChI is InChI=1S/C13H18N6S/c1-14-9-3-2-4-10-12(9)20-13(16-10)18-5-6-19-8-15-17-11(19)7-18/h8-9,14H,2-7H2,1H3. The van der Waals surface area contributed by atoms with Crippen LogP contribution in [-0.4, -0.2) is 33.3 Å². The molecule has 4 rings (SSSR count). The third kappa shape index (κ3) is 1.92. The van der Waals surface area contributed by atoms with Gasteiger partial charge in [-0.05, 0) is 26.3 Å². The summed E-state index contributed by atoms with van der Waals surface area (Å²) >= 11 is 1.85. The Balaban J connectivity index is 1.62. The molecule has 1 unspecified atom stereocenters. The van der Waals surface area contributed by atoms with Gasteiger partial charge in [0.05, 0.1) is 12.2 Å². The molecule has 1 aliphatic carbocycles. The molecule has 0 amide bonds. The number of rotatable bonds is 2. The van der Waals surface area contributed by atoms with E-state index in [1.54, 1.807) is 0 Å². The molecule has 1 N–H and O–H groups in total. The first-order valence-electron chi connectivity index (χ1n) is 7.13. The minimum absolute atomic E-state index is 0.485. The molecule has 0 fully saturated rings. The van der Waals surface area contributed by atoms with Gasteiger partial charge in [-0.1, -0.05) is 11.3 Å². The van der Waals surface area contributed by atoms with Gasteiger partial charge in [-0.25, -0.2) is 4.98 Å². The van der Waals surface area contributed by atoms with Crippen molar-refractivity contribution in [1.82, 2.24) is 25.1 Å². The molecule has 3 heterocycles. The lowest BCUT2D eigenvalue weighted by Gasteiger charge is -2.26. The largest absolute Gasteiger partial charge is 0.339 e. The summed E-state index contributed by atoms with van der Waals surface area (Å²) in [4.78, 5) is 8.64. The van der Waals surface area contributed by atoms with E-state index in [0.29, 0.717) is 6.04 Å². The van der Waals surface area contributed by atoms with Crippen LogP contribution < -0.4 is 10.2 Å². The molecule has 0 aromatic carbocycles. The summed E-state index contributed by atoms with van der Waals surface area (Å²) in [5.41, 5.74) is 1.29. The molecule has 0 saturated carbocycles. The fraction of sp³-hybridized carbons (Fsp3) is 0.615. The summed E-state index contributed by atoms with van der Waals surface area (Å²) in [6, 6.07) is 0.485. The molecule has 0 saturated heterocycles. The Hall–Kier alpha value is -1.47. The zero-order chi connectivity index (χ0) is 13.5. The average molecular weight is 290 g/mol. The maximum absolute atomic E-state index is 4.88. The topological polar surface area (TPSA) is 58.9 Å². The maximum atomic E-state index is 4.88. The van der Waals surface area contributed by atoms with Gasteiger partial charge in [-0.2, -0.15) is 0 Å². The minimum Gasteiger partial charge on any atom is -0.339 e. The third-order valence-electron chi connectivity index (χ3n) is 4.20. The smallest absolute Gasteiger partial charge is 0.186 e. The van der Waals surface area contributed by atoms with Crippen LogP contribution in [0.1, 0.15) is 35.3 Å². The van der Waals surface area contributed by atoms with Crippen LogP contribution in [0.5, 0.6) is 0 Å². The average Bonchev–Trinajstić information content (AvgIpc) is 3.11. The van der Waals surface area contributed by atoms with Gasteiger partial charge >= 0.3 is 0 Å². The van der Waals surface area contributed by atoms with Gasteiger partial charge in [-0.15, -0.1) is 10.2 Å². The van der Waals surface area contributed by atoms with E-state index in [9.17, 15) is 0 Å². The number of aryl methyl sites for hydroxylation is 1. The Morgan fingerprint density at radius 1 is 1.40 bits per heavy atom. The van der Waals surface area contributed by atoms with E-state index >= 15 is 0 Å². The molecular formula is C13H18N6S. The Bertz CT molecular complexity index is 618. The molecule has 2 aromatic heterocycles. The van der Waals surface area contributed by atoms with Crippen LogP contribution in [0.15, 0.2) is 6.33 Å². The number of aromatic nitrogens is 4. The summed E-state index contributed by atoms with van der Waals surface area (Å²) in [5.74, 6) is 1.04. The number of hydrogen-bond donors (Lipinski definition) is 1. The van der Waals surface area contributed by atoms with Crippen molar-refractivity contribution in [3.63, 3.8) is 0 Å². The summed E-state index contributed by atoms with van der Waals surface area (Å²) in [5, 5.41) is 12.7. The van der Waals surface area contributed by atoms with Gasteiger partial charge < -0.3 is 14.8 Å². The van der Waals surface area contributed by atoms with E-state index in [0.717, 1.165) is 37.0 Å². The Kier molecular flexibility index (Phi) is 2.96. The van der Waals surface area contributed by atoms with Crippen molar-refractivity contribution in [1.29, 1.82) is 0 Å². The van der Waals surface area contributed by atoms with Crippen LogP contribution in [0.4, 0.5) is 5.13 Å². The van der Waals surface area contributed by atoms with E-state index in [4.69, 9.17) is 4.98 Å². The fourth-order valence-corrected chi connectivity index (χ4v) is 4.33. The first kappa shape index (κ1) is 12.3. The second kappa shape index (κ2) is 4.82. The number of thiazole rings is 1. The van der Waals surface area contributed by atoms with E-state index in [2.05, 4.69) is 25.0 Å². The summed E-state index contributed by atoms with van der Waals surface area (Å²) < 4.78 is 2.13. The van der Waals surface area contributed by atoms with Gasteiger partial charge in [0, 0.05) is 24.0 Å². The third-order valence-corrected chi connectivity index (χ3v) is 5.47. The number of fused-ring (bicyclic) bond motifs is 2. The van der Waals surface area contributed by atoms with Crippen molar-refractivity contribution in [2.24, 2.45) is 0 Å². The lowest BCUT2D eigenvalue weighted by atomic mass is 9.98. The Labute approximate surface area is 121 Å². The van der Waals surface area contributed by atoms with E-state index in [1.807, 2.05) is 24.7 Å². The second-order valence-corrected chi connectivity index (χ2v) is 6.41. The van der Waals surface area contributed by atoms with Crippen LogP contribution in [0.3, 0.4) is 0 Å². The fourth-order valence-electron chi connectivity index (χ4n) is 3.05. The van der Waals surface area contributed by atoms with Crippen molar-refractivity contribution in [2.75, 3.05) is 18.5 Å². The van der Waals surface area contributed by atoms with Crippen LogP contribution in [-0.2, 0) is 19.5 Å². The molecule has 1 aliphatic heterocycles. The molecule has 0 radical (unpaired) electrons. The molecule has 106 valence electrons. The SMILES string of the molecule is CNC1CCCc2nc(N3CCn4cnnc4C3)sc21. The molecule has 20 heavy (non-hydrogen) atoms. The van der Waals surface area contributed by atoms with Crippen molar-refractivity contribution in [3.8, 4) is 0 Å². The van der Waals surface area contributed by atoms with E-state index in [1.165, 1.54) is 23.4 Å². The molecule has 1 atom stereocenters. The van der Waals surface area contributed by atoms with Crippen LogP contribution in [0, 0.1) is 0 Å². The van der Waals surface area contributed by atoms with E-state index in [-0.39, 0.29) is 0 Å². The van der Waals surface area contributed by atoms with Crippen molar-refractivity contribution in [2.45, 2.75) is 38.4 Å². The monoisotopic (exact) mass is 290 g/mol. The van der Waals surface area contributed by atoms with Gasteiger partial charge in [-0.3, -0.25) is 0 Å². The molecule has 2 aliphatic rings. The van der Waals surface area contributed by atoms with Crippen LogP contribution >= 0.6 is 11.3 Å². The molecular weight excluding hydrogens is 272 g/mol. The number of anilines is 1. The highest BCUT2D eigenvalue weighted by Crippen LogP contribution is 2.38.